The summed E-state index contributed by atoms with van der Waals surface area (Å²) in [4.78, 5) is 12.6. The van der Waals surface area contributed by atoms with Crippen LogP contribution in [0.25, 0.3) is 0 Å². The third kappa shape index (κ3) is 5.09. The summed E-state index contributed by atoms with van der Waals surface area (Å²) in [6, 6.07) is 15.5. The number of hydrogen-bond donors (Lipinski definition) is 1. The first-order valence-electron chi connectivity index (χ1n) is 6.89. The van der Waals surface area contributed by atoms with Crippen LogP contribution in [-0.4, -0.2) is 33.8 Å². The molecule has 0 aliphatic rings. The number of carbonyl (C=O) groups excluding carboxylic acids is 1. The standard InChI is InChI=1S/C16H17NO4S2/c1-21-16(18)13-6-5-9-15(12-13)23(19,20)17-10-11-22-14-7-3-2-4-8-14/h2-9,12,17H,10-11H2,1H3. The minimum atomic E-state index is -3.65. The van der Waals surface area contributed by atoms with E-state index in [0.29, 0.717) is 12.3 Å². The highest BCUT2D eigenvalue weighted by Gasteiger charge is 2.16. The fraction of sp³-hybridized carbons (Fsp3) is 0.188. The smallest absolute Gasteiger partial charge is 0.337 e. The molecular formula is C16H17NO4S2. The number of benzene rings is 2. The third-order valence-electron chi connectivity index (χ3n) is 2.97. The van der Waals surface area contributed by atoms with E-state index in [0.717, 1.165) is 4.90 Å². The molecule has 23 heavy (non-hydrogen) atoms. The molecule has 0 saturated heterocycles. The SMILES string of the molecule is COC(=O)c1cccc(S(=O)(=O)NCCSc2ccccc2)c1. The topological polar surface area (TPSA) is 72.5 Å². The molecule has 7 heteroatoms. The molecule has 5 nitrogen and oxygen atoms in total. The second-order valence-electron chi connectivity index (χ2n) is 4.58. The van der Waals surface area contributed by atoms with Gasteiger partial charge in [-0.05, 0) is 30.3 Å². The highest BCUT2D eigenvalue weighted by atomic mass is 32.2. The van der Waals surface area contributed by atoms with Gasteiger partial charge in [0.05, 0.1) is 17.6 Å². The van der Waals surface area contributed by atoms with Crippen LogP contribution < -0.4 is 4.72 Å². The zero-order valence-electron chi connectivity index (χ0n) is 12.6. The molecule has 2 aromatic rings. The van der Waals surface area contributed by atoms with Gasteiger partial charge in [-0.2, -0.15) is 0 Å². The second kappa shape index (κ2) is 8.14. The number of nitrogens with one attached hydrogen (secondary N) is 1. The Bertz CT molecular complexity index is 761. The van der Waals surface area contributed by atoms with Crippen molar-refractivity contribution in [3.05, 3.63) is 60.2 Å². The van der Waals surface area contributed by atoms with Crippen molar-refractivity contribution in [2.45, 2.75) is 9.79 Å². The maximum absolute atomic E-state index is 12.2. The monoisotopic (exact) mass is 351 g/mol. The summed E-state index contributed by atoms with van der Waals surface area (Å²) in [7, 11) is -2.40. The Labute approximate surface area is 140 Å². The number of esters is 1. The van der Waals surface area contributed by atoms with Gasteiger partial charge in [0.2, 0.25) is 10.0 Å². The Morgan fingerprint density at radius 2 is 1.87 bits per heavy atom. The summed E-state index contributed by atoms with van der Waals surface area (Å²) in [5.41, 5.74) is 0.203. The first-order valence-corrected chi connectivity index (χ1v) is 9.36. The van der Waals surface area contributed by atoms with Crippen molar-refractivity contribution >= 4 is 27.8 Å². The van der Waals surface area contributed by atoms with Crippen molar-refractivity contribution < 1.29 is 17.9 Å². The van der Waals surface area contributed by atoms with Gasteiger partial charge in [0, 0.05) is 17.2 Å². The summed E-state index contributed by atoms with van der Waals surface area (Å²) >= 11 is 1.57. The molecule has 0 amide bonds. The fourth-order valence-electron chi connectivity index (χ4n) is 1.85. The molecule has 0 fully saturated rings. The van der Waals surface area contributed by atoms with Crippen molar-refractivity contribution in [1.29, 1.82) is 0 Å². The summed E-state index contributed by atoms with van der Waals surface area (Å²) < 4.78 is 31.6. The molecule has 0 saturated carbocycles. The molecule has 1 N–H and O–H groups in total. The molecule has 0 bridgehead atoms. The Balaban J connectivity index is 1.95. The average Bonchev–Trinajstić information content (AvgIpc) is 2.59. The molecule has 0 aromatic heterocycles. The van der Waals surface area contributed by atoms with E-state index >= 15 is 0 Å². The van der Waals surface area contributed by atoms with Crippen LogP contribution in [0.1, 0.15) is 10.4 Å². The zero-order valence-corrected chi connectivity index (χ0v) is 14.2. The summed E-state index contributed by atoms with van der Waals surface area (Å²) in [6.45, 7) is 0.296. The molecule has 0 unspecified atom stereocenters. The number of thioether (sulfide) groups is 1. The van der Waals surface area contributed by atoms with Crippen molar-refractivity contribution in [2.75, 3.05) is 19.4 Å². The van der Waals surface area contributed by atoms with E-state index in [2.05, 4.69) is 9.46 Å². The van der Waals surface area contributed by atoms with Crippen molar-refractivity contribution in [3.8, 4) is 0 Å². The number of methoxy groups -OCH3 is 1. The van der Waals surface area contributed by atoms with Gasteiger partial charge in [0.15, 0.2) is 0 Å². The predicted molar refractivity (Wildman–Crippen MR) is 90.1 cm³/mol. The molecule has 0 aliphatic heterocycles. The lowest BCUT2D eigenvalue weighted by Crippen LogP contribution is -2.26. The van der Waals surface area contributed by atoms with E-state index in [-0.39, 0.29) is 10.5 Å². The van der Waals surface area contributed by atoms with E-state index in [1.165, 1.54) is 31.4 Å². The summed E-state index contributed by atoms with van der Waals surface area (Å²) in [5, 5.41) is 0. The predicted octanol–water partition coefficient (Wildman–Crippen LogP) is 2.54. The Morgan fingerprint density at radius 3 is 2.57 bits per heavy atom. The van der Waals surface area contributed by atoms with Gasteiger partial charge in [0.25, 0.3) is 0 Å². The maximum Gasteiger partial charge on any atom is 0.337 e. The highest BCUT2D eigenvalue weighted by molar-refractivity contribution is 7.99. The molecule has 122 valence electrons. The third-order valence-corrected chi connectivity index (χ3v) is 5.44. The van der Waals surface area contributed by atoms with Gasteiger partial charge >= 0.3 is 5.97 Å². The first kappa shape index (κ1) is 17.5. The van der Waals surface area contributed by atoms with E-state index in [4.69, 9.17) is 0 Å². The van der Waals surface area contributed by atoms with Crippen LogP contribution in [0.3, 0.4) is 0 Å². The van der Waals surface area contributed by atoms with E-state index in [9.17, 15) is 13.2 Å². The molecule has 0 radical (unpaired) electrons. The molecule has 0 spiro atoms. The first-order chi connectivity index (χ1) is 11.0. The van der Waals surface area contributed by atoms with Gasteiger partial charge in [-0.15, -0.1) is 11.8 Å². The van der Waals surface area contributed by atoms with Crippen LogP contribution in [0.2, 0.25) is 0 Å². The van der Waals surface area contributed by atoms with Gasteiger partial charge in [-0.25, -0.2) is 17.9 Å². The van der Waals surface area contributed by atoms with Gasteiger partial charge in [-0.3, -0.25) is 0 Å². The number of rotatable bonds is 7. The van der Waals surface area contributed by atoms with Crippen LogP contribution in [0.5, 0.6) is 0 Å². The second-order valence-corrected chi connectivity index (χ2v) is 7.51. The number of sulfonamides is 1. The van der Waals surface area contributed by atoms with Crippen LogP contribution in [0.15, 0.2) is 64.4 Å². The normalized spacial score (nSPS) is 11.2. The summed E-state index contributed by atoms with van der Waals surface area (Å²) in [6.07, 6.45) is 0. The van der Waals surface area contributed by atoms with Crippen LogP contribution in [0, 0.1) is 0 Å². The summed E-state index contributed by atoms with van der Waals surface area (Å²) in [5.74, 6) is 0.0432. The number of carbonyl (C=O) groups is 1. The maximum atomic E-state index is 12.2. The van der Waals surface area contributed by atoms with Gasteiger partial charge in [-0.1, -0.05) is 24.3 Å². The van der Waals surface area contributed by atoms with Gasteiger partial charge in [0.1, 0.15) is 0 Å². The molecule has 0 aliphatic carbocycles. The van der Waals surface area contributed by atoms with Crippen molar-refractivity contribution in [2.24, 2.45) is 0 Å². The Morgan fingerprint density at radius 1 is 1.13 bits per heavy atom. The van der Waals surface area contributed by atoms with Crippen molar-refractivity contribution in [3.63, 3.8) is 0 Å². The van der Waals surface area contributed by atoms with E-state index in [1.807, 2.05) is 30.3 Å². The Kier molecular flexibility index (Phi) is 6.20. The lowest BCUT2D eigenvalue weighted by atomic mass is 10.2. The molecule has 2 rings (SSSR count). The van der Waals surface area contributed by atoms with E-state index < -0.39 is 16.0 Å². The Hall–Kier alpha value is -1.83. The lowest BCUT2D eigenvalue weighted by Gasteiger charge is -2.08. The number of ether oxygens (including phenoxy) is 1. The highest BCUT2D eigenvalue weighted by Crippen LogP contribution is 2.17. The lowest BCUT2D eigenvalue weighted by molar-refractivity contribution is 0.0600. The molecule has 0 atom stereocenters. The number of hydrogen-bond acceptors (Lipinski definition) is 5. The average molecular weight is 351 g/mol. The molecule has 0 heterocycles. The fourth-order valence-corrected chi connectivity index (χ4v) is 3.85. The molecule has 2 aromatic carbocycles. The van der Waals surface area contributed by atoms with Crippen LogP contribution in [0.4, 0.5) is 0 Å². The quantitative estimate of drug-likeness (QED) is 0.471. The van der Waals surface area contributed by atoms with Crippen LogP contribution in [-0.2, 0) is 14.8 Å². The van der Waals surface area contributed by atoms with Crippen LogP contribution >= 0.6 is 11.8 Å². The largest absolute Gasteiger partial charge is 0.465 e. The minimum Gasteiger partial charge on any atom is -0.465 e. The zero-order chi connectivity index (χ0) is 16.7. The van der Waals surface area contributed by atoms with E-state index in [1.54, 1.807) is 11.8 Å². The van der Waals surface area contributed by atoms with Crippen molar-refractivity contribution in [1.82, 2.24) is 4.72 Å². The minimum absolute atomic E-state index is 0.0464. The van der Waals surface area contributed by atoms with Gasteiger partial charge < -0.3 is 4.74 Å². The molecular weight excluding hydrogens is 334 g/mol.